The van der Waals surface area contributed by atoms with Crippen molar-refractivity contribution in [3.05, 3.63) is 48.6 Å². The van der Waals surface area contributed by atoms with Crippen LogP contribution in [-0.4, -0.2) is 22.8 Å². The van der Waals surface area contributed by atoms with E-state index in [1.165, 1.54) is 17.1 Å². The monoisotopic (exact) mass is 231 g/mol. The van der Waals surface area contributed by atoms with E-state index in [0.717, 1.165) is 6.42 Å². The Morgan fingerprint density at radius 2 is 1.53 bits per heavy atom. The summed E-state index contributed by atoms with van der Waals surface area (Å²) in [7, 11) is 0. The molecule has 1 unspecified atom stereocenters. The van der Waals surface area contributed by atoms with E-state index in [0.29, 0.717) is 11.1 Å². The van der Waals surface area contributed by atoms with E-state index >= 15 is 0 Å². The zero-order valence-electron chi connectivity index (χ0n) is 10.3. The number of carbonyl (C=O) groups is 2. The SMILES string of the molecule is C=C/C=C1/C(=O)N(C(C)CC)C(=O)/C1=C/C=C. The largest absolute Gasteiger partial charge is 0.272 e. The van der Waals surface area contributed by atoms with Crippen molar-refractivity contribution in [2.75, 3.05) is 0 Å². The van der Waals surface area contributed by atoms with Crippen LogP contribution in [-0.2, 0) is 9.59 Å². The van der Waals surface area contributed by atoms with Crippen molar-refractivity contribution in [1.29, 1.82) is 0 Å². The Balaban J connectivity index is 3.27. The average molecular weight is 231 g/mol. The Morgan fingerprint density at radius 3 is 1.82 bits per heavy atom. The van der Waals surface area contributed by atoms with Gasteiger partial charge in [0, 0.05) is 6.04 Å². The molecule has 0 bridgehead atoms. The Kier molecular flexibility index (Phi) is 4.21. The highest BCUT2D eigenvalue weighted by Crippen LogP contribution is 2.27. The quantitative estimate of drug-likeness (QED) is 0.550. The van der Waals surface area contributed by atoms with Gasteiger partial charge in [0.15, 0.2) is 0 Å². The molecule has 0 saturated carbocycles. The first-order valence-corrected chi connectivity index (χ1v) is 5.62. The molecule has 0 N–H and O–H groups in total. The molecular formula is C14H17NO2. The van der Waals surface area contributed by atoms with E-state index in [2.05, 4.69) is 13.2 Å². The van der Waals surface area contributed by atoms with E-state index in [1.54, 1.807) is 12.2 Å². The van der Waals surface area contributed by atoms with Gasteiger partial charge < -0.3 is 0 Å². The van der Waals surface area contributed by atoms with Gasteiger partial charge in [0.1, 0.15) is 0 Å². The van der Waals surface area contributed by atoms with Crippen LogP contribution in [0.5, 0.6) is 0 Å². The van der Waals surface area contributed by atoms with E-state index in [-0.39, 0.29) is 17.9 Å². The summed E-state index contributed by atoms with van der Waals surface area (Å²) in [5, 5.41) is 0. The van der Waals surface area contributed by atoms with E-state index in [4.69, 9.17) is 0 Å². The van der Waals surface area contributed by atoms with Gasteiger partial charge >= 0.3 is 0 Å². The fraction of sp³-hybridized carbons (Fsp3) is 0.286. The number of hydrogen-bond acceptors (Lipinski definition) is 2. The Bertz CT molecular complexity index is 394. The summed E-state index contributed by atoms with van der Waals surface area (Å²) in [4.78, 5) is 25.5. The highest BCUT2D eigenvalue weighted by atomic mass is 16.2. The number of amides is 2. The van der Waals surface area contributed by atoms with Crippen LogP contribution < -0.4 is 0 Å². The van der Waals surface area contributed by atoms with Gasteiger partial charge in [0.05, 0.1) is 11.1 Å². The lowest BCUT2D eigenvalue weighted by Gasteiger charge is -2.20. The number of rotatable bonds is 4. The topological polar surface area (TPSA) is 37.4 Å². The van der Waals surface area contributed by atoms with Gasteiger partial charge in [-0.05, 0) is 25.5 Å². The van der Waals surface area contributed by atoms with Gasteiger partial charge in [0.2, 0.25) is 0 Å². The fourth-order valence-corrected chi connectivity index (χ4v) is 1.72. The minimum atomic E-state index is -0.252. The second-order valence-electron chi connectivity index (χ2n) is 3.87. The summed E-state index contributed by atoms with van der Waals surface area (Å²) < 4.78 is 0. The van der Waals surface area contributed by atoms with Crippen LogP contribution in [0.25, 0.3) is 0 Å². The molecule has 3 heteroatoms. The third-order valence-corrected chi connectivity index (χ3v) is 2.79. The number of nitrogens with zero attached hydrogens (tertiary/aromatic N) is 1. The lowest BCUT2D eigenvalue weighted by atomic mass is 10.1. The summed E-state index contributed by atoms with van der Waals surface area (Å²) in [5.41, 5.74) is 0.787. The molecule has 90 valence electrons. The Morgan fingerprint density at radius 1 is 1.12 bits per heavy atom. The lowest BCUT2D eigenvalue weighted by molar-refractivity contribution is -0.138. The minimum absolute atomic E-state index is 0.0982. The summed E-state index contributed by atoms with van der Waals surface area (Å²) in [6.07, 6.45) is 6.89. The average Bonchev–Trinajstić information content (AvgIpc) is 2.54. The molecule has 0 aromatic rings. The first kappa shape index (κ1) is 13.2. The summed E-state index contributed by atoms with van der Waals surface area (Å²) in [6.45, 7) is 10.9. The molecule has 0 aromatic carbocycles. The van der Waals surface area contributed by atoms with Crippen LogP contribution in [0.4, 0.5) is 0 Å². The van der Waals surface area contributed by atoms with E-state index < -0.39 is 0 Å². The molecule has 2 amide bonds. The Labute approximate surface area is 102 Å². The molecule has 1 aliphatic heterocycles. The number of imide groups is 1. The molecule has 1 saturated heterocycles. The number of likely N-dealkylation sites (tertiary alicyclic amines) is 1. The highest BCUT2D eigenvalue weighted by Gasteiger charge is 2.40. The molecule has 0 aromatic heterocycles. The molecule has 1 heterocycles. The summed E-state index contributed by atoms with van der Waals surface area (Å²) in [6, 6.07) is -0.0982. The van der Waals surface area contributed by atoms with Gasteiger partial charge in [-0.3, -0.25) is 14.5 Å². The fourth-order valence-electron chi connectivity index (χ4n) is 1.72. The highest BCUT2D eigenvalue weighted by molar-refractivity contribution is 6.24. The zero-order valence-corrected chi connectivity index (χ0v) is 10.3. The van der Waals surface area contributed by atoms with Crippen LogP contribution in [0.1, 0.15) is 20.3 Å². The van der Waals surface area contributed by atoms with Crippen molar-refractivity contribution in [2.45, 2.75) is 26.3 Å². The number of carbonyl (C=O) groups excluding carboxylic acids is 2. The van der Waals surface area contributed by atoms with Crippen LogP contribution in [0, 0.1) is 0 Å². The van der Waals surface area contributed by atoms with Crippen molar-refractivity contribution in [3.63, 3.8) is 0 Å². The standard InChI is InChI=1S/C14H17NO2/c1-5-8-11-12(9-6-2)14(17)15(13(11)16)10(4)7-3/h5-6,8-10H,1-2,7H2,3-4H3/b11-8+,12-9+. The predicted molar refractivity (Wildman–Crippen MR) is 68.2 cm³/mol. The van der Waals surface area contributed by atoms with Gasteiger partial charge in [-0.1, -0.05) is 32.2 Å². The molecule has 1 aliphatic rings. The smallest absolute Gasteiger partial charge is 0.261 e. The van der Waals surface area contributed by atoms with Crippen molar-refractivity contribution in [3.8, 4) is 0 Å². The molecular weight excluding hydrogens is 214 g/mol. The van der Waals surface area contributed by atoms with Gasteiger partial charge in [-0.15, -0.1) is 0 Å². The first-order valence-electron chi connectivity index (χ1n) is 5.62. The summed E-state index contributed by atoms with van der Waals surface area (Å²) in [5.74, 6) is -0.505. The molecule has 0 radical (unpaired) electrons. The van der Waals surface area contributed by atoms with Crippen LogP contribution in [0.2, 0.25) is 0 Å². The maximum Gasteiger partial charge on any atom is 0.261 e. The molecule has 0 spiro atoms. The minimum Gasteiger partial charge on any atom is -0.272 e. The van der Waals surface area contributed by atoms with Crippen LogP contribution in [0.15, 0.2) is 48.6 Å². The van der Waals surface area contributed by atoms with Crippen molar-refractivity contribution in [2.24, 2.45) is 0 Å². The number of allylic oxidation sites excluding steroid dienone is 4. The first-order chi connectivity index (χ1) is 8.08. The normalized spacial score (nSPS) is 22.4. The summed E-state index contributed by atoms with van der Waals surface area (Å²) >= 11 is 0. The van der Waals surface area contributed by atoms with Gasteiger partial charge in [0.25, 0.3) is 11.8 Å². The predicted octanol–water partition coefficient (Wildman–Crippen LogP) is 2.38. The second kappa shape index (κ2) is 5.43. The molecule has 1 fully saturated rings. The molecule has 0 aliphatic carbocycles. The van der Waals surface area contributed by atoms with Gasteiger partial charge in [-0.2, -0.15) is 0 Å². The number of hydrogen-bond donors (Lipinski definition) is 0. The maximum atomic E-state index is 12.1. The van der Waals surface area contributed by atoms with Crippen LogP contribution >= 0.6 is 0 Å². The third kappa shape index (κ3) is 2.28. The zero-order chi connectivity index (χ0) is 13.0. The third-order valence-electron chi connectivity index (χ3n) is 2.79. The maximum absolute atomic E-state index is 12.1. The molecule has 3 nitrogen and oxygen atoms in total. The van der Waals surface area contributed by atoms with E-state index in [1.807, 2.05) is 13.8 Å². The van der Waals surface area contributed by atoms with Crippen molar-refractivity contribution in [1.82, 2.24) is 4.90 Å². The Hall–Kier alpha value is -1.90. The lowest BCUT2D eigenvalue weighted by Crippen LogP contribution is -2.37. The second-order valence-corrected chi connectivity index (χ2v) is 3.87. The van der Waals surface area contributed by atoms with Crippen molar-refractivity contribution < 1.29 is 9.59 Å². The molecule has 1 atom stereocenters. The van der Waals surface area contributed by atoms with Gasteiger partial charge in [-0.25, -0.2) is 0 Å². The van der Waals surface area contributed by atoms with E-state index in [9.17, 15) is 9.59 Å². The van der Waals surface area contributed by atoms with Crippen LogP contribution in [0.3, 0.4) is 0 Å². The van der Waals surface area contributed by atoms with Crippen molar-refractivity contribution >= 4 is 11.8 Å². The molecule has 17 heavy (non-hydrogen) atoms. The molecule has 1 rings (SSSR count).